The molecule has 3 atom stereocenters. The van der Waals surface area contributed by atoms with E-state index in [0.717, 1.165) is 34.5 Å². The second-order valence-electron chi connectivity index (χ2n) is 12.5. The highest BCUT2D eigenvalue weighted by atomic mass is 32.2. The Morgan fingerprint density at radius 2 is 1.71 bits per heavy atom. The molecule has 3 nitrogen and oxygen atoms in total. The maximum Gasteiger partial charge on any atom is 0.235 e. The number of benzene rings is 3. The van der Waals surface area contributed by atoms with E-state index in [4.69, 9.17) is 9.97 Å². The van der Waals surface area contributed by atoms with Gasteiger partial charge in [-0.2, -0.15) is 0 Å². The van der Waals surface area contributed by atoms with Crippen LogP contribution in [0.1, 0.15) is 70.8 Å². The molecule has 5 aromatic rings. The van der Waals surface area contributed by atoms with E-state index >= 15 is 0 Å². The fourth-order valence-electron chi connectivity index (χ4n) is 8.09. The Morgan fingerprint density at radius 3 is 2.54 bits per heavy atom. The molecule has 3 unspecified atom stereocenters. The number of aryl methyl sites for hydroxylation is 2. The highest BCUT2D eigenvalue weighted by Gasteiger charge is 2.42. The van der Waals surface area contributed by atoms with E-state index in [9.17, 15) is 0 Å². The summed E-state index contributed by atoms with van der Waals surface area (Å²) in [5, 5.41) is 1.10. The zero-order valence-electron chi connectivity index (χ0n) is 23.0. The van der Waals surface area contributed by atoms with Gasteiger partial charge in [-0.15, -0.1) is 0 Å². The summed E-state index contributed by atoms with van der Waals surface area (Å²) in [5.41, 5.74) is 15.1. The van der Waals surface area contributed by atoms with Crippen LogP contribution in [0.4, 0.5) is 0 Å². The normalized spacial score (nSPS) is 22.7. The fourth-order valence-corrected chi connectivity index (χ4v) is 9.39. The lowest BCUT2D eigenvalue weighted by Gasteiger charge is -2.39. The number of thioether (sulfide) groups is 1. The van der Waals surface area contributed by atoms with Crippen molar-refractivity contribution < 1.29 is 0 Å². The first-order valence-electron chi connectivity index (χ1n) is 15.1. The molecular weight excluding hydrogens is 518 g/mol. The van der Waals surface area contributed by atoms with Crippen molar-refractivity contribution in [3.8, 4) is 17.2 Å². The first-order valence-corrected chi connectivity index (χ1v) is 15.9. The molecule has 1 fully saturated rings. The van der Waals surface area contributed by atoms with Gasteiger partial charge in [-0.25, -0.2) is 9.97 Å². The molecule has 0 saturated heterocycles. The van der Waals surface area contributed by atoms with Gasteiger partial charge in [0.25, 0.3) is 0 Å². The summed E-state index contributed by atoms with van der Waals surface area (Å²) in [6.07, 6.45) is 11.1. The van der Waals surface area contributed by atoms with Crippen LogP contribution in [0.5, 0.6) is 0 Å². The van der Waals surface area contributed by atoms with E-state index < -0.39 is 0 Å². The zero-order valence-corrected chi connectivity index (χ0v) is 23.8. The molecule has 4 heteroatoms. The van der Waals surface area contributed by atoms with Gasteiger partial charge in [0.15, 0.2) is 0 Å². The maximum atomic E-state index is 5.38. The average Bonchev–Trinajstić information content (AvgIpc) is 3.48. The number of hydrogen-bond donors (Lipinski definition) is 0. The Labute approximate surface area is 244 Å². The summed E-state index contributed by atoms with van der Waals surface area (Å²) >= 11 is 2.00. The Morgan fingerprint density at radius 1 is 0.878 bits per heavy atom. The minimum Gasteiger partial charge on any atom is -0.282 e. The first-order chi connectivity index (χ1) is 20.2. The van der Waals surface area contributed by atoms with Crippen LogP contribution >= 0.6 is 11.8 Å². The highest BCUT2D eigenvalue weighted by molar-refractivity contribution is 8.03. The van der Waals surface area contributed by atoms with Gasteiger partial charge in [-0.05, 0) is 89.0 Å². The van der Waals surface area contributed by atoms with Crippen molar-refractivity contribution in [1.82, 2.24) is 14.5 Å². The van der Waals surface area contributed by atoms with E-state index in [-0.39, 0.29) is 0 Å². The zero-order chi connectivity index (χ0) is 26.8. The van der Waals surface area contributed by atoms with Gasteiger partial charge >= 0.3 is 0 Å². The minimum absolute atomic E-state index is 0.456. The van der Waals surface area contributed by atoms with E-state index in [0.29, 0.717) is 17.8 Å². The summed E-state index contributed by atoms with van der Waals surface area (Å²) in [4.78, 5) is 13.6. The third-order valence-corrected chi connectivity index (χ3v) is 11.7. The van der Waals surface area contributed by atoms with Crippen LogP contribution < -0.4 is 0 Å². The molecule has 10 rings (SSSR count). The van der Waals surface area contributed by atoms with Gasteiger partial charge in [0.1, 0.15) is 0 Å². The summed E-state index contributed by atoms with van der Waals surface area (Å²) in [6, 6.07) is 24.1. The quantitative estimate of drug-likeness (QED) is 0.221. The summed E-state index contributed by atoms with van der Waals surface area (Å²) in [5.74, 6) is 2.38. The van der Waals surface area contributed by atoms with Crippen molar-refractivity contribution in [2.24, 2.45) is 5.92 Å². The molecule has 0 amide bonds. The molecule has 4 aliphatic carbocycles. The van der Waals surface area contributed by atoms with Gasteiger partial charge in [0.05, 0.1) is 16.9 Å². The van der Waals surface area contributed by atoms with Crippen molar-refractivity contribution in [2.75, 3.05) is 0 Å². The van der Waals surface area contributed by atoms with Crippen LogP contribution in [0.3, 0.4) is 0 Å². The molecule has 0 spiro atoms. The highest BCUT2D eigenvalue weighted by Crippen LogP contribution is 2.58. The smallest absolute Gasteiger partial charge is 0.235 e. The second kappa shape index (κ2) is 8.10. The van der Waals surface area contributed by atoms with Crippen molar-refractivity contribution in [3.63, 3.8) is 0 Å². The number of fused-ring (bicyclic) bond motifs is 9. The van der Waals surface area contributed by atoms with Gasteiger partial charge in [0.2, 0.25) is 5.95 Å². The topological polar surface area (TPSA) is 30.7 Å². The third kappa shape index (κ3) is 3.06. The van der Waals surface area contributed by atoms with Crippen LogP contribution in [0.2, 0.25) is 0 Å². The van der Waals surface area contributed by atoms with Gasteiger partial charge in [-0.1, -0.05) is 84.9 Å². The second-order valence-corrected chi connectivity index (χ2v) is 13.6. The standard InChI is InChI=1S/C37H29N3S/c1-20-25-14-13-24(25)16-30-27-18-29-28-15-22-11-12-23(22)17-33(28)41-34(29)19-32(27)40(36(20)30)37-38-31-10-6-5-9-26(31)35(39-37)21-7-3-2-4-8-21/h2-10,15-17,19-20,25,29H,11-14,18H2,1H3. The molecule has 0 bridgehead atoms. The molecule has 41 heavy (non-hydrogen) atoms. The van der Waals surface area contributed by atoms with Gasteiger partial charge in [-0.3, -0.25) is 4.57 Å². The van der Waals surface area contributed by atoms with Crippen LogP contribution in [-0.2, 0) is 19.3 Å². The molecule has 198 valence electrons. The monoisotopic (exact) mass is 547 g/mol. The predicted molar refractivity (Wildman–Crippen MR) is 168 cm³/mol. The number of rotatable bonds is 2. The fraction of sp³-hybridized carbons (Fsp3) is 0.243. The van der Waals surface area contributed by atoms with Crippen LogP contribution in [0.25, 0.3) is 40.3 Å². The molecule has 3 aromatic carbocycles. The van der Waals surface area contributed by atoms with Crippen LogP contribution in [0, 0.1) is 5.92 Å². The molecular formula is C37H29N3S. The first kappa shape index (κ1) is 22.8. The SMILES string of the molecule is CC1c2c(c3c(n2-c2nc(-c4ccccc4)c4ccccc4n2)C=C2Sc4cc5c(cc4C2C3)CC5)C=C2CCC21. The van der Waals surface area contributed by atoms with Crippen LogP contribution in [-0.4, -0.2) is 14.5 Å². The molecule has 3 heterocycles. The average molecular weight is 548 g/mol. The number of aromatic nitrogens is 3. The van der Waals surface area contributed by atoms with Crippen molar-refractivity contribution in [3.05, 3.63) is 116 Å². The predicted octanol–water partition coefficient (Wildman–Crippen LogP) is 8.88. The summed E-state index contributed by atoms with van der Waals surface area (Å²) < 4.78 is 2.46. The Kier molecular flexibility index (Phi) is 4.50. The number of nitrogens with zero attached hydrogens (tertiary/aromatic N) is 3. The van der Waals surface area contributed by atoms with E-state index in [2.05, 4.69) is 90.4 Å². The summed E-state index contributed by atoms with van der Waals surface area (Å²) in [6.45, 7) is 2.44. The lowest BCUT2D eigenvalue weighted by Crippen LogP contribution is -2.27. The minimum atomic E-state index is 0.456. The van der Waals surface area contributed by atoms with E-state index in [1.807, 2.05) is 11.8 Å². The van der Waals surface area contributed by atoms with E-state index in [1.165, 1.54) is 58.0 Å². The third-order valence-electron chi connectivity index (χ3n) is 10.4. The lowest BCUT2D eigenvalue weighted by molar-refractivity contribution is 0.372. The Bertz CT molecular complexity index is 2030. The molecule has 0 radical (unpaired) electrons. The number of allylic oxidation sites excluding steroid dienone is 2. The summed E-state index contributed by atoms with van der Waals surface area (Å²) in [7, 11) is 0. The number of hydrogen-bond acceptors (Lipinski definition) is 3. The molecule has 1 aliphatic heterocycles. The van der Waals surface area contributed by atoms with Crippen LogP contribution in [0.15, 0.2) is 82.1 Å². The maximum absolute atomic E-state index is 5.38. The van der Waals surface area contributed by atoms with Crippen molar-refractivity contribution >= 4 is 34.8 Å². The lowest BCUT2D eigenvalue weighted by atomic mass is 9.66. The largest absolute Gasteiger partial charge is 0.282 e. The molecule has 1 saturated carbocycles. The Hall–Kier alpha value is -3.89. The van der Waals surface area contributed by atoms with Crippen molar-refractivity contribution in [1.29, 1.82) is 0 Å². The molecule has 2 aromatic heterocycles. The molecule has 0 N–H and O–H groups in total. The Balaban J connectivity index is 1.23. The van der Waals surface area contributed by atoms with E-state index in [1.54, 1.807) is 22.3 Å². The van der Waals surface area contributed by atoms with Gasteiger partial charge < -0.3 is 0 Å². The molecule has 5 aliphatic rings. The van der Waals surface area contributed by atoms with Crippen molar-refractivity contribution in [2.45, 2.75) is 55.8 Å². The van der Waals surface area contributed by atoms with Gasteiger partial charge in [0, 0.05) is 33.4 Å². The number of para-hydroxylation sites is 1.